The molecule has 0 saturated heterocycles. The van der Waals surface area contributed by atoms with E-state index >= 15 is 0 Å². The number of fused-ring (bicyclic) bond motifs is 1. The fraction of sp³-hybridized carbons (Fsp3) is 0.200. The van der Waals surface area contributed by atoms with E-state index in [0.717, 1.165) is 5.56 Å². The molecule has 6 heteroatoms. The van der Waals surface area contributed by atoms with E-state index in [2.05, 4.69) is 9.97 Å². The molecule has 0 aliphatic carbocycles. The van der Waals surface area contributed by atoms with Gasteiger partial charge in [-0.25, -0.2) is 4.98 Å². The van der Waals surface area contributed by atoms with Crippen LogP contribution in [0.1, 0.15) is 0 Å². The van der Waals surface area contributed by atoms with Crippen molar-refractivity contribution < 1.29 is 18.6 Å². The number of ether oxygens (including phenoxy) is 3. The van der Waals surface area contributed by atoms with E-state index in [0.29, 0.717) is 34.4 Å². The summed E-state index contributed by atoms with van der Waals surface area (Å²) in [4.78, 5) is 8.51. The maximum atomic E-state index is 5.70. The molecule has 0 bridgehead atoms. The van der Waals surface area contributed by atoms with Gasteiger partial charge in [-0.3, -0.25) is 0 Å². The summed E-state index contributed by atoms with van der Waals surface area (Å²) in [5.74, 6) is 2.06. The normalized spacial score (nSPS) is 10.6. The Balaban J connectivity index is 2.17. The van der Waals surface area contributed by atoms with Crippen LogP contribution in [-0.2, 0) is 0 Å². The van der Waals surface area contributed by atoms with Gasteiger partial charge in [0.1, 0.15) is 0 Å². The molecule has 0 atom stereocenters. The lowest BCUT2D eigenvalue weighted by molar-refractivity contribution is 0.324. The van der Waals surface area contributed by atoms with Crippen molar-refractivity contribution in [2.75, 3.05) is 21.3 Å². The van der Waals surface area contributed by atoms with E-state index in [9.17, 15) is 0 Å². The molecule has 3 rings (SSSR count). The van der Waals surface area contributed by atoms with Crippen molar-refractivity contribution in [3.63, 3.8) is 0 Å². The first-order valence-electron chi connectivity index (χ1n) is 6.28. The van der Waals surface area contributed by atoms with Crippen LogP contribution in [0.4, 0.5) is 0 Å². The van der Waals surface area contributed by atoms with Crippen LogP contribution < -0.4 is 14.2 Å². The number of hydrogen-bond donors (Lipinski definition) is 0. The molecule has 0 amide bonds. The summed E-state index contributed by atoms with van der Waals surface area (Å²) >= 11 is 0. The van der Waals surface area contributed by atoms with Crippen molar-refractivity contribution in [2.24, 2.45) is 0 Å². The maximum absolute atomic E-state index is 5.70. The summed E-state index contributed by atoms with van der Waals surface area (Å²) in [5.41, 5.74) is 1.91. The minimum atomic E-state index is 0.447. The molecule has 0 aliphatic rings. The lowest BCUT2D eigenvalue weighted by atomic mass is 10.2. The first-order valence-corrected chi connectivity index (χ1v) is 6.28. The largest absolute Gasteiger partial charge is 0.493 e. The molecule has 0 unspecified atom stereocenters. The van der Waals surface area contributed by atoms with Crippen LogP contribution >= 0.6 is 0 Å². The Morgan fingerprint density at radius 2 is 1.71 bits per heavy atom. The number of pyridine rings is 1. The number of nitrogens with zero attached hydrogens (tertiary/aromatic N) is 2. The highest BCUT2D eigenvalue weighted by molar-refractivity contribution is 5.74. The van der Waals surface area contributed by atoms with Crippen LogP contribution in [0.2, 0.25) is 0 Å². The third kappa shape index (κ3) is 2.24. The molecule has 21 heavy (non-hydrogen) atoms. The maximum Gasteiger partial charge on any atom is 0.229 e. The van der Waals surface area contributed by atoms with Crippen molar-refractivity contribution in [2.45, 2.75) is 0 Å². The van der Waals surface area contributed by atoms with Gasteiger partial charge >= 0.3 is 0 Å². The van der Waals surface area contributed by atoms with Gasteiger partial charge in [-0.1, -0.05) is 0 Å². The van der Waals surface area contributed by atoms with Gasteiger partial charge in [0.15, 0.2) is 22.7 Å². The molecule has 2 aromatic heterocycles. The van der Waals surface area contributed by atoms with E-state index in [1.807, 2.05) is 6.07 Å². The summed E-state index contributed by atoms with van der Waals surface area (Å²) in [7, 11) is 4.69. The molecule has 108 valence electrons. The Labute approximate surface area is 121 Å². The molecule has 0 aliphatic heterocycles. The fourth-order valence-corrected chi connectivity index (χ4v) is 2.10. The van der Waals surface area contributed by atoms with E-state index in [4.69, 9.17) is 18.6 Å². The van der Waals surface area contributed by atoms with E-state index in [-0.39, 0.29) is 0 Å². The summed E-state index contributed by atoms with van der Waals surface area (Å²) in [6, 6.07) is 7.18. The van der Waals surface area contributed by atoms with Gasteiger partial charge in [-0.15, -0.1) is 0 Å². The zero-order valence-electron chi connectivity index (χ0n) is 11.9. The second-order valence-electron chi connectivity index (χ2n) is 4.26. The summed E-state index contributed by atoms with van der Waals surface area (Å²) < 4.78 is 21.6. The van der Waals surface area contributed by atoms with Crippen LogP contribution in [0.5, 0.6) is 17.2 Å². The predicted octanol–water partition coefficient (Wildman–Crippen LogP) is 2.92. The number of oxazole rings is 1. The smallest absolute Gasteiger partial charge is 0.229 e. The standard InChI is InChI=1S/C15H14N2O4/c1-18-11-7-9(8-12(19-2)13(11)20-3)15-17-14-10(21-15)5-4-6-16-14/h4-8H,1-3H3. The van der Waals surface area contributed by atoms with Crippen LogP contribution in [-0.4, -0.2) is 31.3 Å². The topological polar surface area (TPSA) is 66.6 Å². The van der Waals surface area contributed by atoms with Gasteiger partial charge in [-0.05, 0) is 24.3 Å². The third-order valence-corrected chi connectivity index (χ3v) is 3.08. The molecular formula is C15H14N2O4. The Kier molecular flexibility index (Phi) is 3.35. The van der Waals surface area contributed by atoms with Gasteiger partial charge in [0.05, 0.1) is 21.3 Å². The average molecular weight is 286 g/mol. The number of rotatable bonds is 4. The zero-order valence-corrected chi connectivity index (χ0v) is 11.9. The van der Waals surface area contributed by atoms with E-state index in [1.54, 1.807) is 45.7 Å². The van der Waals surface area contributed by atoms with Gasteiger partial charge < -0.3 is 18.6 Å². The lowest BCUT2D eigenvalue weighted by Crippen LogP contribution is -1.95. The van der Waals surface area contributed by atoms with E-state index in [1.165, 1.54) is 0 Å². The highest BCUT2D eigenvalue weighted by Crippen LogP contribution is 2.41. The molecule has 6 nitrogen and oxygen atoms in total. The molecular weight excluding hydrogens is 272 g/mol. The second kappa shape index (κ2) is 5.32. The first kappa shape index (κ1) is 13.2. The predicted molar refractivity (Wildman–Crippen MR) is 76.9 cm³/mol. The number of methoxy groups -OCH3 is 3. The number of aromatic nitrogens is 2. The molecule has 1 aromatic carbocycles. The van der Waals surface area contributed by atoms with Crippen molar-refractivity contribution in [1.82, 2.24) is 9.97 Å². The summed E-state index contributed by atoms with van der Waals surface area (Å²) in [6.45, 7) is 0. The summed E-state index contributed by atoms with van der Waals surface area (Å²) in [6.07, 6.45) is 1.67. The Morgan fingerprint density at radius 3 is 2.29 bits per heavy atom. The van der Waals surface area contributed by atoms with Crippen LogP contribution in [0, 0.1) is 0 Å². The van der Waals surface area contributed by atoms with Crippen molar-refractivity contribution in [1.29, 1.82) is 0 Å². The van der Waals surface area contributed by atoms with Crippen molar-refractivity contribution in [3.8, 4) is 28.7 Å². The fourth-order valence-electron chi connectivity index (χ4n) is 2.10. The first-order chi connectivity index (χ1) is 10.3. The quantitative estimate of drug-likeness (QED) is 0.734. The molecule has 3 aromatic rings. The van der Waals surface area contributed by atoms with E-state index < -0.39 is 0 Å². The molecule has 0 fully saturated rings. The molecule has 2 heterocycles. The molecule has 0 radical (unpaired) electrons. The minimum Gasteiger partial charge on any atom is -0.493 e. The molecule has 0 saturated carbocycles. The van der Waals surface area contributed by atoms with Gasteiger partial charge in [0, 0.05) is 11.8 Å². The van der Waals surface area contributed by atoms with Gasteiger partial charge in [0.2, 0.25) is 11.6 Å². The van der Waals surface area contributed by atoms with Crippen LogP contribution in [0.15, 0.2) is 34.9 Å². The second-order valence-corrected chi connectivity index (χ2v) is 4.26. The lowest BCUT2D eigenvalue weighted by Gasteiger charge is -2.12. The Morgan fingerprint density at radius 1 is 1.00 bits per heavy atom. The SMILES string of the molecule is COc1cc(-c2nc3ncccc3o2)cc(OC)c1OC. The highest BCUT2D eigenvalue weighted by atomic mass is 16.5. The monoisotopic (exact) mass is 286 g/mol. The molecule has 0 spiro atoms. The number of hydrogen-bond acceptors (Lipinski definition) is 6. The highest BCUT2D eigenvalue weighted by Gasteiger charge is 2.17. The Bertz CT molecular complexity index is 724. The van der Waals surface area contributed by atoms with Gasteiger partial charge in [0.25, 0.3) is 0 Å². The Hall–Kier alpha value is -2.76. The van der Waals surface area contributed by atoms with Crippen LogP contribution in [0.3, 0.4) is 0 Å². The van der Waals surface area contributed by atoms with Crippen molar-refractivity contribution in [3.05, 3.63) is 30.5 Å². The van der Waals surface area contributed by atoms with Gasteiger partial charge in [-0.2, -0.15) is 4.98 Å². The average Bonchev–Trinajstić information content (AvgIpc) is 2.97. The van der Waals surface area contributed by atoms with Crippen molar-refractivity contribution >= 4 is 11.2 Å². The molecule has 0 N–H and O–H groups in total. The zero-order chi connectivity index (χ0) is 14.8. The third-order valence-electron chi connectivity index (χ3n) is 3.08. The minimum absolute atomic E-state index is 0.447. The van der Waals surface area contributed by atoms with Crippen LogP contribution in [0.25, 0.3) is 22.7 Å². The number of benzene rings is 1. The summed E-state index contributed by atoms with van der Waals surface area (Å²) in [5, 5.41) is 0.